The lowest BCUT2D eigenvalue weighted by molar-refractivity contribution is -0.119. The lowest BCUT2D eigenvalue weighted by atomic mass is 10.3. The maximum absolute atomic E-state index is 10.8. The Balaban J connectivity index is 2.63. The average molecular weight is 279 g/mol. The van der Waals surface area contributed by atoms with Gasteiger partial charge in [0.25, 0.3) is 5.91 Å². The quantitative estimate of drug-likeness (QED) is 0.446. The summed E-state index contributed by atoms with van der Waals surface area (Å²) < 4.78 is 0.801. The maximum atomic E-state index is 10.8. The Morgan fingerprint density at radius 2 is 2.29 bits per heavy atom. The minimum atomic E-state index is -0.285. The van der Waals surface area contributed by atoms with E-state index in [0.717, 1.165) is 10.2 Å². The Hall–Kier alpha value is -0.780. The van der Waals surface area contributed by atoms with Crippen LogP contribution in [-0.4, -0.2) is 12.5 Å². The molecule has 0 aliphatic heterocycles. The van der Waals surface area contributed by atoms with Crippen molar-refractivity contribution in [3.05, 3.63) is 27.7 Å². The van der Waals surface area contributed by atoms with E-state index in [1.807, 2.05) is 5.43 Å². The molecular weight excluding hydrogens is 269 g/mol. The molecule has 0 heterocycles. The second kappa shape index (κ2) is 5.19. The highest BCUT2D eigenvalue weighted by Crippen LogP contribution is 2.25. The second-order valence-electron chi connectivity index (χ2n) is 2.55. The van der Waals surface area contributed by atoms with E-state index in [9.17, 15) is 4.79 Å². The van der Waals surface area contributed by atoms with E-state index in [0.29, 0.717) is 5.02 Å². The lowest BCUT2D eigenvalue weighted by Gasteiger charge is -2.07. The van der Waals surface area contributed by atoms with E-state index >= 15 is 0 Å². The summed E-state index contributed by atoms with van der Waals surface area (Å²) in [6, 6.07) is 5.25. The highest BCUT2D eigenvalue weighted by molar-refractivity contribution is 9.10. The molecule has 0 bridgehead atoms. The molecule has 0 fully saturated rings. The van der Waals surface area contributed by atoms with E-state index in [4.69, 9.17) is 17.4 Å². The first-order valence-electron chi connectivity index (χ1n) is 3.82. The Kier molecular flexibility index (Phi) is 4.19. The van der Waals surface area contributed by atoms with Crippen molar-refractivity contribution in [3.8, 4) is 0 Å². The molecule has 0 radical (unpaired) electrons. The molecule has 6 heteroatoms. The van der Waals surface area contributed by atoms with Crippen LogP contribution < -0.4 is 16.6 Å². The van der Waals surface area contributed by atoms with E-state index in [1.165, 1.54) is 0 Å². The molecule has 1 rings (SSSR count). The molecule has 0 saturated heterocycles. The Labute approximate surface area is 94.9 Å². The van der Waals surface area contributed by atoms with E-state index < -0.39 is 0 Å². The third-order valence-corrected chi connectivity index (χ3v) is 2.42. The molecule has 1 aromatic carbocycles. The van der Waals surface area contributed by atoms with Crippen LogP contribution in [-0.2, 0) is 4.79 Å². The van der Waals surface area contributed by atoms with Gasteiger partial charge in [-0.05, 0) is 34.1 Å². The number of amides is 1. The summed E-state index contributed by atoms with van der Waals surface area (Å²) in [7, 11) is 0. The second-order valence-corrected chi connectivity index (χ2v) is 3.84. The van der Waals surface area contributed by atoms with Crippen molar-refractivity contribution in [3.63, 3.8) is 0 Å². The molecule has 1 amide bonds. The standard InChI is InChI=1S/C8H9BrClN3O/c9-6-3-5(10)1-2-7(6)12-4-8(14)13-11/h1-3,12H,4,11H2,(H,13,14). The van der Waals surface area contributed by atoms with Gasteiger partial charge in [0.1, 0.15) is 0 Å². The third kappa shape index (κ3) is 3.17. The monoisotopic (exact) mass is 277 g/mol. The lowest BCUT2D eigenvalue weighted by Crippen LogP contribution is -2.35. The van der Waals surface area contributed by atoms with Crippen LogP contribution in [0, 0.1) is 0 Å². The number of halogens is 2. The summed E-state index contributed by atoms with van der Waals surface area (Å²) in [6.07, 6.45) is 0. The van der Waals surface area contributed by atoms with Crippen molar-refractivity contribution in [2.24, 2.45) is 5.84 Å². The molecule has 1 aromatic rings. The van der Waals surface area contributed by atoms with Crippen LogP contribution in [0.1, 0.15) is 0 Å². The van der Waals surface area contributed by atoms with E-state index in [-0.39, 0.29) is 12.5 Å². The molecule has 4 nitrogen and oxygen atoms in total. The first-order chi connectivity index (χ1) is 6.63. The summed E-state index contributed by atoms with van der Waals surface area (Å²) in [4.78, 5) is 10.8. The zero-order valence-corrected chi connectivity index (χ0v) is 9.52. The molecule has 0 aromatic heterocycles. The maximum Gasteiger partial charge on any atom is 0.253 e. The topological polar surface area (TPSA) is 67.1 Å². The van der Waals surface area contributed by atoms with Crippen molar-refractivity contribution < 1.29 is 4.79 Å². The first-order valence-corrected chi connectivity index (χ1v) is 4.99. The highest BCUT2D eigenvalue weighted by atomic mass is 79.9. The minimum absolute atomic E-state index is 0.122. The van der Waals surface area contributed by atoms with E-state index in [1.54, 1.807) is 18.2 Å². The van der Waals surface area contributed by atoms with Crippen molar-refractivity contribution >= 4 is 39.1 Å². The number of hydrazine groups is 1. The van der Waals surface area contributed by atoms with Crippen LogP contribution >= 0.6 is 27.5 Å². The van der Waals surface area contributed by atoms with E-state index in [2.05, 4.69) is 21.2 Å². The van der Waals surface area contributed by atoms with Crippen LogP contribution in [0.4, 0.5) is 5.69 Å². The summed E-state index contributed by atoms with van der Waals surface area (Å²) in [5.74, 6) is 4.64. The van der Waals surface area contributed by atoms with Gasteiger partial charge in [-0.3, -0.25) is 10.2 Å². The van der Waals surface area contributed by atoms with Crippen molar-refractivity contribution in [2.45, 2.75) is 0 Å². The molecule has 0 aliphatic rings. The van der Waals surface area contributed by atoms with Gasteiger partial charge in [-0.25, -0.2) is 5.84 Å². The number of nitrogens with two attached hydrogens (primary N) is 1. The number of anilines is 1. The Morgan fingerprint density at radius 3 is 2.86 bits per heavy atom. The van der Waals surface area contributed by atoms with Crippen LogP contribution in [0.2, 0.25) is 5.02 Å². The van der Waals surface area contributed by atoms with Crippen LogP contribution in [0.5, 0.6) is 0 Å². The fourth-order valence-electron chi connectivity index (χ4n) is 0.859. The largest absolute Gasteiger partial charge is 0.375 e. The van der Waals surface area contributed by atoms with Gasteiger partial charge in [0.15, 0.2) is 0 Å². The summed E-state index contributed by atoms with van der Waals surface area (Å²) in [5.41, 5.74) is 2.81. The van der Waals surface area contributed by atoms with Gasteiger partial charge < -0.3 is 5.32 Å². The zero-order chi connectivity index (χ0) is 10.6. The number of carbonyl (C=O) groups excluding carboxylic acids is 1. The third-order valence-electron chi connectivity index (χ3n) is 1.53. The molecule has 76 valence electrons. The van der Waals surface area contributed by atoms with Gasteiger partial charge in [-0.2, -0.15) is 0 Å². The number of rotatable bonds is 3. The van der Waals surface area contributed by atoms with Crippen LogP contribution in [0.3, 0.4) is 0 Å². The van der Waals surface area contributed by atoms with Gasteiger partial charge in [0.2, 0.25) is 0 Å². The number of carbonyl (C=O) groups is 1. The number of hydrogen-bond donors (Lipinski definition) is 3. The van der Waals surface area contributed by atoms with Gasteiger partial charge >= 0.3 is 0 Å². The first kappa shape index (κ1) is 11.3. The molecule has 0 saturated carbocycles. The molecule has 0 spiro atoms. The summed E-state index contributed by atoms with van der Waals surface area (Å²) in [6.45, 7) is 0.122. The molecule has 14 heavy (non-hydrogen) atoms. The number of hydrogen-bond acceptors (Lipinski definition) is 3. The highest BCUT2D eigenvalue weighted by Gasteiger charge is 2.02. The normalized spacial score (nSPS) is 9.64. The van der Waals surface area contributed by atoms with Gasteiger partial charge in [-0.15, -0.1) is 0 Å². The summed E-state index contributed by atoms with van der Waals surface area (Å²) in [5, 5.41) is 3.52. The average Bonchev–Trinajstić information content (AvgIpc) is 2.16. The predicted molar refractivity (Wildman–Crippen MR) is 60.0 cm³/mol. The van der Waals surface area contributed by atoms with Crippen molar-refractivity contribution in [1.82, 2.24) is 5.43 Å². The minimum Gasteiger partial charge on any atom is -0.375 e. The fourth-order valence-corrected chi connectivity index (χ4v) is 1.68. The smallest absolute Gasteiger partial charge is 0.253 e. The van der Waals surface area contributed by atoms with Gasteiger partial charge in [0, 0.05) is 15.2 Å². The molecular formula is C8H9BrClN3O. The summed E-state index contributed by atoms with van der Waals surface area (Å²) >= 11 is 9.06. The SMILES string of the molecule is NNC(=O)CNc1ccc(Cl)cc1Br. The van der Waals surface area contributed by atoms with Gasteiger partial charge in [0.05, 0.1) is 6.54 Å². The van der Waals surface area contributed by atoms with Crippen LogP contribution in [0.15, 0.2) is 22.7 Å². The Morgan fingerprint density at radius 1 is 1.57 bits per heavy atom. The van der Waals surface area contributed by atoms with Gasteiger partial charge in [-0.1, -0.05) is 11.6 Å². The van der Waals surface area contributed by atoms with Crippen LogP contribution in [0.25, 0.3) is 0 Å². The fraction of sp³-hybridized carbons (Fsp3) is 0.125. The zero-order valence-electron chi connectivity index (χ0n) is 7.18. The molecule has 4 N–H and O–H groups in total. The van der Waals surface area contributed by atoms with Crippen molar-refractivity contribution in [1.29, 1.82) is 0 Å². The van der Waals surface area contributed by atoms with Crippen molar-refractivity contribution in [2.75, 3.05) is 11.9 Å². The molecule has 0 atom stereocenters. The Bertz CT molecular complexity index is 345. The molecule has 0 aliphatic carbocycles. The number of nitrogens with one attached hydrogen (secondary N) is 2. The predicted octanol–water partition coefficient (Wildman–Crippen LogP) is 1.50. The number of benzene rings is 1. The molecule has 0 unspecified atom stereocenters.